The van der Waals surface area contributed by atoms with E-state index in [2.05, 4.69) is 114 Å². The minimum absolute atomic E-state index is 0.186. The normalized spacial score (nSPS) is 16.7. The van der Waals surface area contributed by atoms with Crippen LogP contribution in [0.15, 0.2) is 121 Å². The first-order chi connectivity index (χ1) is 16.3. The molecule has 164 valence electrons. The first-order valence-corrected chi connectivity index (χ1v) is 14.7. The summed E-state index contributed by atoms with van der Waals surface area (Å²) in [5.41, 5.74) is 0. The lowest BCUT2D eigenvalue weighted by atomic mass is 10.4. The summed E-state index contributed by atoms with van der Waals surface area (Å²) in [4.78, 5) is 13.3. The van der Waals surface area contributed by atoms with Crippen LogP contribution in [0.5, 0.6) is 0 Å². The van der Waals surface area contributed by atoms with Crippen molar-refractivity contribution < 1.29 is 4.79 Å². The number of carbonyl (C=O) groups is 1. The van der Waals surface area contributed by atoms with Crippen LogP contribution in [-0.4, -0.2) is 23.0 Å². The molecule has 1 heterocycles. The van der Waals surface area contributed by atoms with Gasteiger partial charge in [0.05, 0.1) is 0 Å². The molecular weight excluding hydrogens is 440 g/mol. The summed E-state index contributed by atoms with van der Waals surface area (Å²) in [5, 5.41) is 5.05. The van der Waals surface area contributed by atoms with Gasteiger partial charge in [0.2, 0.25) is 0 Å². The molecule has 33 heavy (non-hydrogen) atoms. The molecule has 0 saturated carbocycles. The molecule has 1 atom stereocenters. The molecule has 0 amide bonds. The SMILES string of the molecule is O=C[P+](c1ccccc1)(c1ccccc1)C1CCCN1P(c1ccccc1)c1ccccc1. The van der Waals surface area contributed by atoms with E-state index in [4.69, 9.17) is 0 Å². The van der Waals surface area contributed by atoms with Crippen LogP contribution in [-0.2, 0) is 4.79 Å². The fourth-order valence-electron chi connectivity index (χ4n) is 5.00. The van der Waals surface area contributed by atoms with Gasteiger partial charge in [0.1, 0.15) is 16.4 Å². The molecule has 0 bridgehead atoms. The maximum Gasteiger partial charge on any atom is 0.268 e. The lowest BCUT2D eigenvalue weighted by molar-refractivity contribution is 0.531. The highest BCUT2D eigenvalue weighted by molar-refractivity contribution is 8.01. The highest BCUT2D eigenvalue weighted by Gasteiger charge is 2.56. The number of hydrogen-bond acceptors (Lipinski definition) is 2. The van der Waals surface area contributed by atoms with Crippen molar-refractivity contribution in [3.05, 3.63) is 121 Å². The molecule has 1 saturated heterocycles. The van der Waals surface area contributed by atoms with Crippen molar-refractivity contribution in [3.63, 3.8) is 0 Å². The zero-order valence-corrected chi connectivity index (χ0v) is 20.4. The van der Waals surface area contributed by atoms with E-state index in [1.807, 2.05) is 12.1 Å². The Balaban J connectivity index is 1.69. The largest absolute Gasteiger partial charge is 0.268 e. The third-order valence-corrected chi connectivity index (χ3v) is 13.3. The lowest BCUT2D eigenvalue weighted by Gasteiger charge is -2.37. The van der Waals surface area contributed by atoms with Gasteiger partial charge in [0.15, 0.2) is 7.26 Å². The van der Waals surface area contributed by atoms with Crippen molar-refractivity contribution >= 4 is 42.6 Å². The zero-order valence-electron chi connectivity index (χ0n) is 18.6. The van der Waals surface area contributed by atoms with Crippen LogP contribution in [0.1, 0.15) is 12.8 Å². The minimum Gasteiger partial charge on any atom is -0.256 e. The summed E-state index contributed by atoms with van der Waals surface area (Å²) in [6, 6.07) is 44.1. The van der Waals surface area contributed by atoms with E-state index in [0.717, 1.165) is 19.4 Å². The van der Waals surface area contributed by atoms with Gasteiger partial charge in [-0.25, -0.2) is 4.67 Å². The van der Waals surface area contributed by atoms with Gasteiger partial charge in [-0.2, -0.15) is 0 Å². The Kier molecular flexibility index (Phi) is 6.79. The topological polar surface area (TPSA) is 20.3 Å². The van der Waals surface area contributed by atoms with Gasteiger partial charge >= 0.3 is 0 Å². The van der Waals surface area contributed by atoms with Gasteiger partial charge < -0.3 is 0 Å². The molecule has 4 heteroatoms. The number of nitrogens with zero attached hydrogens (tertiary/aromatic N) is 1. The van der Waals surface area contributed by atoms with Crippen LogP contribution >= 0.6 is 15.3 Å². The standard InChI is InChI=1S/C29H28NOP2/c31-24-33(27-18-9-3-10-19-27,28-20-11-4-12-21-28)29-22-13-23-30(29)32(25-14-5-1-6-15-25)26-16-7-2-8-17-26/h1-12,14-21,24,29H,13,22-23H2/q+1. The summed E-state index contributed by atoms with van der Waals surface area (Å²) in [6.07, 6.45) is 2.15. The molecule has 5 rings (SSSR count). The van der Waals surface area contributed by atoms with Gasteiger partial charge in [-0.1, -0.05) is 97.1 Å². The second kappa shape index (κ2) is 10.1. The maximum absolute atomic E-state index is 13.3. The second-order valence-corrected chi connectivity index (χ2v) is 13.9. The third kappa shape index (κ3) is 4.20. The number of benzene rings is 4. The average molecular weight is 468 g/mol. The molecule has 0 N–H and O–H groups in total. The van der Waals surface area contributed by atoms with E-state index >= 15 is 0 Å². The molecule has 1 aliphatic rings. The average Bonchev–Trinajstić information content (AvgIpc) is 3.37. The summed E-state index contributed by atoms with van der Waals surface area (Å²) in [5.74, 6) is 0.186. The van der Waals surface area contributed by atoms with Crippen LogP contribution in [0.4, 0.5) is 0 Å². The Morgan fingerprint density at radius 2 is 1.09 bits per heavy atom. The molecule has 0 aliphatic carbocycles. The first kappa shape index (κ1) is 22.2. The van der Waals surface area contributed by atoms with Crippen molar-refractivity contribution in [1.82, 2.24) is 4.67 Å². The van der Waals surface area contributed by atoms with E-state index in [-0.39, 0.29) is 5.78 Å². The Bertz CT molecular complexity index is 1090. The second-order valence-electron chi connectivity index (χ2n) is 8.32. The quantitative estimate of drug-likeness (QED) is 0.271. The van der Waals surface area contributed by atoms with Crippen molar-refractivity contribution in [3.8, 4) is 0 Å². The lowest BCUT2D eigenvalue weighted by Crippen LogP contribution is -2.41. The predicted molar refractivity (Wildman–Crippen MR) is 145 cm³/mol. The van der Waals surface area contributed by atoms with E-state index in [0.29, 0.717) is 0 Å². The maximum atomic E-state index is 13.3. The van der Waals surface area contributed by atoms with Gasteiger partial charge in [0.25, 0.3) is 6.03 Å². The van der Waals surface area contributed by atoms with E-state index < -0.39 is 15.3 Å². The smallest absolute Gasteiger partial charge is 0.256 e. The molecule has 0 radical (unpaired) electrons. The van der Waals surface area contributed by atoms with Crippen LogP contribution in [0, 0.1) is 0 Å². The number of carbonyl (C=O) groups excluding carboxylic acids is 1. The molecule has 1 unspecified atom stereocenters. The van der Waals surface area contributed by atoms with Crippen molar-refractivity contribution in [1.29, 1.82) is 0 Å². The Morgan fingerprint density at radius 3 is 1.52 bits per heavy atom. The van der Waals surface area contributed by atoms with Gasteiger partial charge in [-0.05, 0) is 41.3 Å². The van der Waals surface area contributed by atoms with Crippen LogP contribution in [0.3, 0.4) is 0 Å². The van der Waals surface area contributed by atoms with Gasteiger partial charge in [-0.15, -0.1) is 0 Å². The monoisotopic (exact) mass is 468 g/mol. The molecule has 1 aliphatic heterocycles. The van der Waals surface area contributed by atoms with Crippen molar-refractivity contribution in [2.75, 3.05) is 6.54 Å². The Hall–Kier alpha value is -2.63. The third-order valence-electron chi connectivity index (χ3n) is 6.46. The van der Waals surface area contributed by atoms with Crippen molar-refractivity contribution in [2.45, 2.75) is 18.6 Å². The fraction of sp³-hybridized carbons (Fsp3) is 0.138. The van der Waals surface area contributed by atoms with E-state index in [9.17, 15) is 4.79 Å². The van der Waals surface area contributed by atoms with E-state index in [1.165, 1.54) is 27.2 Å². The van der Waals surface area contributed by atoms with Gasteiger partial charge in [-0.3, -0.25) is 4.79 Å². The summed E-state index contributed by atoms with van der Waals surface area (Å²) >= 11 is 0. The highest BCUT2D eigenvalue weighted by Crippen LogP contribution is 2.65. The number of rotatable bonds is 7. The first-order valence-electron chi connectivity index (χ1n) is 11.5. The highest BCUT2D eigenvalue weighted by atomic mass is 31.2. The zero-order chi connectivity index (χ0) is 22.5. The molecule has 0 spiro atoms. The summed E-state index contributed by atoms with van der Waals surface area (Å²) in [6.45, 7) is 1.01. The molecular formula is C29H28NOP2+. The van der Waals surface area contributed by atoms with E-state index in [1.54, 1.807) is 0 Å². The number of hydrogen-bond donors (Lipinski definition) is 0. The van der Waals surface area contributed by atoms with Crippen LogP contribution in [0.2, 0.25) is 0 Å². The molecule has 1 fully saturated rings. The molecule has 2 nitrogen and oxygen atoms in total. The predicted octanol–water partition coefficient (Wildman–Crippen LogP) is 5.32. The van der Waals surface area contributed by atoms with Crippen molar-refractivity contribution in [2.24, 2.45) is 0 Å². The van der Waals surface area contributed by atoms with Crippen LogP contribution < -0.4 is 21.2 Å². The molecule has 4 aromatic carbocycles. The molecule has 0 aromatic heterocycles. The Morgan fingerprint density at radius 1 is 0.667 bits per heavy atom. The van der Waals surface area contributed by atoms with Crippen LogP contribution in [0.25, 0.3) is 0 Å². The summed E-state index contributed by atoms with van der Waals surface area (Å²) < 4.78 is 2.68. The Labute approximate surface area is 198 Å². The summed E-state index contributed by atoms with van der Waals surface area (Å²) in [7, 11) is -3.06. The molecule has 4 aromatic rings. The fourth-order valence-corrected chi connectivity index (χ4v) is 12.1. The minimum atomic E-state index is -2.32. The van der Waals surface area contributed by atoms with Gasteiger partial charge in [0, 0.05) is 21.0 Å².